The molecule has 1 N–H and O–H groups in total. The molecule has 0 aliphatic heterocycles. The molecule has 0 saturated carbocycles. The number of benzene rings is 4. The number of ketones is 1. The fourth-order valence-electron chi connectivity index (χ4n) is 3.99. The highest BCUT2D eigenvalue weighted by Gasteiger charge is 2.17. The van der Waals surface area contributed by atoms with E-state index in [1.54, 1.807) is 91.0 Å². The Balaban J connectivity index is 0.00000134. The quantitative estimate of drug-likeness (QED) is 0.285. The average Bonchev–Trinajstić information content (AvgIpc) is 2.90. The molecule has 1 amide bonds. The van der Waals surface area contributed by atoms with E-state index in [-0.39, 0.29) is 29.2 Å². The lowest BCUT2D eigenvalue weighted by atomic mass is 9.96. The average molecular weight is 562 g/mol. The summed E-state index contributed by atoms with van der Waals surface area (Å²) >= 11 is 6.01. The Morgan fingerprint density at radius 3 is 2.13 bits per heavy atom. The molecule has 0 saturated heterocycles. The van der Waals surface area contributed by atoms with Crippen LogP contribution in [-0.4, -0.2) is 32.5 Å². The predicted molar refractivity (Wildman–Crippen MR) is 149 cm³/mol. The van der Waals surface area contributed by atoms with Crippen LogP contribution in [0.25, 0.3) is 11.1 Å². The fraction of sp³-hybridized carbons (Fsp3) is 0.100. The maximum atomic E-state index is 13.1. The van der Waals surface area contributed by atoms with Gasteiger partial charge in [-0.25, -0.2) is 8.42 Å². The Morgan fingerprint density at radius 2 is 1.49 bits per heavy atom. The van der Waals surface area contributed by atoms with Crippen molar-refractivity contribution in [3.63, 3.8) is 0 Å². The number of hydrogen-bond acceptors (Lipinski definition) is 6. The van der Waals surface area contributed by atoms with Crippen molar-refractivity contribution in [2.75, 3.05) is 11.6 Å². The van der Waals surface area contributed by atoms with Crippen LogP contribution in [0.3, 0.4) is 0 Å². The number of anilines is 1. The summed E-state index contributed by atoms with van der Waals surface area (Å²) in [5, 5.41) is 3.48. The van der Waals surface area contributed by atoms with Crippen LogP contribution in [0.4, 0.5) is 5.69 Å². The van der Waals surface area contributed by atoms with Crippen molar-refractivity contribution >= 4 is 45.0 Å². The van der Waals surface area contributed by atoms with Gasteiger partial charge in [0, 0.05) is 40.1 Å². The summed E-state index contributed by atoms with van der Waals surface area (Å²) in [6.07, 6.45) is 1.47. The lowest BCUT2D eigenvalue weighted by Crippen LogP contribution is -2.16. The standard InChI is InChI=1S/C29H24ClNO4S.CO2/c1-19-17-23(30)15-16-26(19)31-29(33)25-9-4-3-7-22(25)18-27(32)21-13-11-20(12-14-21)24-8-5-6-10-28(24)36(2,34)35;2-1-3/h3-17H,18H2,1-2H3,(H,31,33);. The van der Waals surface area contributed by atoms with Crippen LogP contribution in [0.1, 0.15) is 31.8 Å². The van der Waals surface area contributed by atoms with E-state index < -0.39 is 9.84 Å². The third-order valence-electron chi connectivity index (χ3n) is 5.85. The van der Waals surface area contributed by atoms with Gasteiger partial charge in [0.2, 0.25) is 0 Å². The monoisotopic (exact) mass is 561 g/mol. The first-order valence-electron chi connectivity index (χ1n) is 11.6. The molecule has 0 heterocycles. The molecule has 0 unspecified atom stereocenters. The molecule has 7 nitrogen and oxygen atoms in total. The molecule has 39 heavy (non-hydrogen) atoms. The molecule has 0 aliphatic rings. The van der Waals surface area contributed by atoms with E-state index in [0.29, 0.717) is 38.5 Å². The summed E-state index contributed by atoms with van der Waals surface area (Å²) in [4.78, 5) is 42.6. The van der Waals surface area contributed by atoms with Crippen molar-refractivity contribution in [1.29, 1.82) is 0 Å². The Bertz CT molecular complexity index is 1660. The van der Waals surface area contributed by atoms with Crippen LogP contribution in [-0.2, 0) is 25.8 Å². The van der Waals surface area contributed by atoms with Crippen molar-refractivity contribution in [3.8, 4) is 11.1 Å². The number of carbonyl (C=O) groups is 2. The van der Waals surface area contributed by atoms with E-state index >= 15 is 0 Å². The molecule has 0 radical (unpaired) electrons. The van der Waals surface area contributed by atoms with E-state index in [4.69, 9.17) is 21.2 Å². The van der Waals surface area contributed by atoms with Gasteiger partial charge in [-0.3, -0.25) is 9.59 Å². The van der Waals surface area contributed by atoms with Crippen LogP contribution in [0, 0.1) is 6.92 Å². The zero-order valence-electron chi connectivity index (χ0n) is 21.1. The number of Topliss-reactive ketones (excluding diaryl/α,β-unsaturated/α-hetero) is 1. The van der Waals surface area contributed by atoms with Gasteiger partial charge in [-0.2, -0.15) is 9.59 Å². The third-order valence-corrected chi connectivity index (χ3v) is 7.24. The van der Waals surface area contributed by atoms with Gasteiger partial charge in [0.05, 0.1) is 4.90 Å². The summed E-state index contributed by atoms with van der Waals surface area (Å²) in [6.45, 7) is 1.86. The van der Waals surface area contributed by atoms with Gasteiger partial charge in [-0.05, 0) is 53.9 Å². The fourth-order valence-corrected chi connectivity index (χ4v) is 5.13. The number of sulfone groups is 1. The Hall–Kier alpha value is -4.36. The van der Waals surface area contributed by atoms with Crippen molar-refractivity contribution < 1.29 is 27.6 Å². The van der Waals surface area contributed by atoms with Crippen LogP contribution < -0.4 is 5.32 Å². The molecule has 0 spiro atoms. The molecule has 0 fully saturated rings. The molecule has 0 aromatic heterocycles. The van der Waals surface area contributed by atoms with Crippen molar-refractivity contribution in [3.05, 3.63) is 118 Å². The van der Waals surface area contributed by atoms with E-state index in [0.717, 1.165) is 5.56 Å². The van der Waals surface area contributed by atoms with E-state index in [1.807, 2.05) is 6.92 Å². The predicted octanol–water partition coefficient (Wildman–Crippen LogP) is 5.81. The SMILES string of the molecule is Cc1cc(Cl)ccc1NC(=O)c1ccccc1CC(=O)c1ccc(-c2ccccc2S(C)(=O)=O)cc1.O=C=O. The van der Waals surface area contributed by atoms with Gasteiger partial charge in [0.1, 0.15) is 0 Å². The number of rotatable bonds is 7. The van der Waals surface area contributed by atoms with Crippen molar-refractivity contribution in [1.82, 2.24) is 0 Å². The molecule has 198 valence electrons. The van der Waals surface area contributed by atoms with Gasteiger partial charge in [-0.15, -0.1) is 0 Å². The molecule has 4 aromatic carbocycles. The second-order valence-corrected chi connectivity index (χ2v) is 11.0. The highest BCUT2D eigenvalue weighted by molar-refractivity contribution is 7.90. The van der Waals surface area contributed by atoms with Gasteiger partial charge in [0.15, 0.2) is 15.6 Å². The van der Waals surface area contributed by atoms with Crippen LogP contribution in [0.2, 0.25) is 5.02 Å². The van der Waals surface area contributed by atoms with E-state index in [2.05, 4.69) is 5.32 Å². The Labute approximate surface area is 231 Å². The van der Waals surface area contributed by atoms with Gasteiger partial charge < -0.3 is 5.32 Å². The smallest absolute Gasteiger partial charge is 0.322 e. The molecule has 0 bridgehead atoms. The van der Waals surface area contributed by atoms with E-state index in [9.17, 15) is 18.0 Å². The first kappa shape index (κ1) is 29.2. The van der Waals surface area contributed by atoms with Crippen molar-refractivity contribution in [2.45, 2.75) is 18.2 Å². The minimum atomic E-state index is -3.40. The topological polar surface area (TPSA) is 114 Å². The third kappa shape index (κ3) is 7.58. The summed E-state index contributed by atoms with van der Waals surface area (Å²) in [5.74, 6) is -0.461. The van der Waals surface area contributed by atoms with Crippen LogP contribution >= 0.6 is 11.6 Å². The highest BCUT2D eigenvalue weighted by atomic mass is 35.5. The van der Waals surface area contributed by atoms with Gasteiger partial charge >= 0.3 is 6.15 Å². The first-order valence-corrected chi connectivity index (χ1v) is 13.9. The second-order valence-electron chi connectivity index (χ2n) is 8.60. The molecule has 4 aromatic rings. The summed E-state index contributed by atoms with van der Waals surface area (Å²) in [7, 11) is -3.40. The number of nitrogens with one attached hydrogen (secondary N) is 1. The zero-order valence-corrected chi connectivity index (χ0v) is 22.7. The van der Waals surface area contributed by atoms with Crippen LogP contribution in [0.15, 0.2) is 95.9 Å². The molecule has 0 atom stereocenters. The molecule has 4 rings (SSSR count). The first-order chi connectivity index (χ1) is 18.5. The lowest BCUT2D eigenvalue weighted by Gasteiger charge is -2.12. The van der Waals surface area contributed by atoms with Crippen LogP contribution in [0.5, 0.6) is 0 Å². The maximum absolute atomic E-state index is 13.1. The number of hydrogen-bond donors (Lipinski definition) is 1. The largest absolute Gasteiger partial charge is 0.373 e. The summed E-state index contributed by atoms with van der Waals surface area (Å²) in [6, 6.07) is 25.8. The summed E-state index contributed by atoms with van der Waals surface area (Å²) in [5.41, 5.74) is 4.26. The number of aryl methyl sites for hydroxylation is 1. The lowest BCUT2D eigenvalue weighted by molar-refractivity contribution is -0.191. The molecular formula is C30H24ClNO6S. The second kappa shape index (κ2) is 12.9. The van der Waals surface area contributed by atoms with Gasteiger partial charge in [0.25, 0.3) is 5.91 Å². The zero-order chi connectivity index (χ0) is 28.6. The highest BCUT2D eigenvalue weighted by Crippen LogP contribution is 2.28. The minimum Gasteiger partial charge on any atom is -0.322 e. The maximum Gasteiger partial charge on any atom is 0.373 e. The molecular weight excluding hydrogens is 538 g/mol. The number of carbonyl (C=O) groups excluding carboxylic acids is 4. The Morgan fingerprint density at radius 1 is 0.872 bits per heavy atom. The number of amides is 1. The molecule has 0 aliphatic carbocycles. The Kier molecular flexibility index (Phi) is 9.68. The van der Waals surface area contributed by atoms with Crippen molar-refractivity contribution in [2.24, 2.45) is 0 Å². The normalized spacial score (nSPS) is 10.5. The van der Waals surface area contributed by atoms with Gasteiger partial charge in [-0.1, -0.05) is 72.3 Å². The summed E-state index contributed by atoms with van der Waals surface area (Å²) < 4.78 is 24.3. The number of halogens is 1. The van der Waals surface area contributed by atoms with E-state index in [1.165, 1.54) is 6.26 Å². The minimum absolute atomic E-state index is 0.0441. The molecule has 9 heteroatoms.